The van der Waals surface area contributed by atoms with Crippen molar-refractivity contribution in [3.8, 4) is 0 Å². The van der Waals surface area contributed by atoms with E-state index in [0.29, 0.717) is 11.1 Å². The van der Waals surface area contributed by atoms with Gasteiger partial charge in [-0.1, -0.05) is 36.2 Å². The molecule has 0 spiro atoms. The van der Waals surface area contributed by atoms with E-state index in [1.165, 1.54) is 6.42 Å². The van der Waals surface area contributed by atoms with E-state index in [2.05, 4.69) is 19.2 Å². The predicted molar refractivity (Wildman–Crippen MR) is 61.8 cm³/mol. The molecule has 0 unspecified atom stereocenters. The van der Waals surface area contributed by atoms with Gasteiger partial charge in [0.05, 0.1) is 11.1 Å². The van der Waals surface area contributed by atoms with Gasteiger partial charge >= 0.3 is 0 Å². The molecule has 0 heterocycles. The largest absolute Gasteiger partial charge is 0.340 e. The highest BCUT2D eigenvalue weighted by atomic mass is 35.5. The maximum Gasteiger partial charge on any atom is 0.103 e. The molecule has 0 saturated carbocycles. The van der Waals surface area contributed by atoms with Crippen LogP contribution < -0.4 is 5.32 Å². The Bertz CT molecular complexity index is 299. The molecule has 0 radical (unpaired) electrons. The second-order valence-electron chi connectivity index (χ2n) is 3.56. The molecule has 1 aromatic carbocycles. The molecule has 0 aliphatic rings. The molecule has 0 amide bonds. The number of rotatable bonds is 4. The molecular weight excluding hydrogens is 217 g/mol. The Morgan fingerprint density at radius 1 is 1.36 bits per heavy atom. The minimum Gasteiger partial charge on any atom is -0.340 e. The standard InChI is InChI=1S/C11H15Cl2N/c1-3-8(2)14-7-9-4-5-10(12)6-11(9)13/h4-6,8,14H,3,7H2,1-2H3/p+1/t8-/m0/s1. The summed E-state index contributed by atoms with van der Waals surface area (Å²) in [5, 5.41) is 3.74. The van der Waals surface area contributed by atoms with Gasteiger partial charge in [0.2, 0.25) is 0 Å². The number of quaternary nitrogens is 1. The molecule has 2 N–H and O–H groups in total. The second kappa shape index (κ2) is 5.59. The highest BCUT2D eigenvalue weighted by Gasteiger charge is 2.05. The van der Waals surface area contributed by atoms with Crippen LogP contribution in [0.4, 0.5) is 0 Å². The topological polar surface area (TPSA) is 16.6 Å². The van der Waals surface area contributed by atoms with Gasteiger partial charge in [0.25, 0.3) is 0 Å². The fourth-order valence-electron chi connectivity index (χ4n) is 1.18. The van der Waals surface area contributed by atoms with Gasteiger partial charge in [0.1, 0.15) is 6.54 Å². The summed E-state index contributed by atoms with van der Waals surface area (Å²) in [7, 11) is 0. The first-order chi connectivity index (χ1) is 6.63. The Labute approximate surface area is 95.4 Å². The first-order valence-corrected chi connectivity index (χ1v) is 5.66. The predicted octanol–water partition coefficient (Wildman–Crippen LogP) is 2.86. The molecule has 0 saturated heterocycles. The zero-order valence-corrected chi connectivity index (χ0v) is 10.1. The molecule has 0 aromatic heterocycles. The van der Waals surface area contributed by atoms with Gasteiger partial charge in [0, 0.05) is 10.6 Å². The van der Waals surface area contributed by atoms with Crippen LogP contribution in [0.3, 0.4) is 0 Å². The number of nitrogens with two attached hydrogens (primary N) is 1. The van der Waals surface area contributed by atoms with E-state index in [9.17, 15) is 0 Å². The van der Waals surface area contributed by atoms with Gasteiger partial charge in [-0.05, 0) is 25.5 Å². The first kappa shape index (κ1) is 11.8. The summed E-state index contributed by atoms with van der Waals surface area (Å²) < 4.78 is 0. The van der Waals surface area contributed by atoms with Gasteiger partial charge in [-0.3, -0.25) is 0 Å². The molecule has 0 aliphatic carbocycles. The first-order valence-electron chi connectivity index (χ1n) is 4.90. The normalized spacial score (nSPS) is 12.9. The molecule has 1 nitrogen and oxygen atoms in total. The lowest BCUT2D eigenvalue weighted by Gasteiger charge is -2.09. The summed E-state index contributed by atoms with van der Waals surface area (Å²) in [5.74, 6) is 0. The van der Waals surface area contributed by atoms with Crippen molar-refractivity contribution < 1.29 is 5.32 Å². The second-order valence-corrected chi connectivity index (χ2v) is 4.40. The van der Waals surface area contributed by atoms with Crippen molar-refractivity contribution in [2.45, 2.75) is 32.9 Å². The van der Waals surface area contributed by atoms with Gasteiger partial charge in [-0.15, -0.1) is 0 Å². The molecule has 1 aromatic rings. The van der Waals surface area contributed by atoms with E-state index in [1.54, 1.807) is 6.07 Å². The average molecular weight is 233 g/mol. The highest BCUT2D eigenvalue weighted by molar-refractivity contribution is 6.35. The molecule has 3 heteroatoms. The quantitative estimate of drug-likeness (QED) is 0.823. The third-order valence-electron chi connectivity index (χ3n) is 2.40. The Hall–Kier alpha value is -0.240. The Morgan fingerprint density at radius 3 is 2.64 bits per heavy atom. The summed E-state index contributed by atoms with van der Waals surface area (Å²) in [6, 6.07) is 6.31. The van der Waals surface area contributed by atoms with Gasteiger partial charge < -0.3 is 5.32 Å². The fourth-order valence-corrected chi connectivity index (χ4v) is 1.67. The van der Waals surface area contributed by atoms with Crippen LogP contribution in [0.5, 0.6) is 0 Å². The van der Waals surface area contributed by atoms with Crippen molar-refractivity contribution in [3.05, 3.63) is 33.8 Å². The Kier molecular flexibility index (Phi) is 4.73. The summed E-state index contributed by atoms with van der Waals surface area (Å²) in [4.78, 5) is 0. The molecule has 1 atom stereocenters. The molecule has 0 aliphatic heterocycles. The Balaban J connectivity index is 2.59. The lowest BCUT2D eigenvalue weighted by molar-refractivity contribution is -0.701. The smallest absolute Gasteiger partial charge is 0.103 e. The maximum absolute atomic E-state index is 6.05. The Morgan fingerprint density at radius 2 is 2.07 bits per heavy atom. The van der Waals surface area contributed by atoms with Crippen molar-refractivity contribution in [1.82, 2.24) is 0 Å². The summed E-state index contributed by atoms with van der Waals surface area (Å²) >= 11 is 11.9. The van der Waals surface area contributed by atoms with Crippen LogP contribution in [0.15, 0.2) is 18.2 Å². The van der Waals surface area contributed by atoms with E-state index in [4.69, 9.17) is 23.2 Å². The molecular formula is C11H16Cl2N+. The molecule has 0 bridgehead atoms. The van der Waals surface area contributed by atoms with Gasteiger partial charge in [-0.25, -0.2) is 0 Å². The maximum atomic E-state index is 6.05. The van der Waals surface area contributed by atoms with E-state index in [0.717, 1.165) is 17.1 Å². The third-order valence-corrected chi connectivity index (χ3v) is 2.99. The number of benzene rings is 1. The zero-order valence-electron chi connectivity index (χ0n) is 8.56. The van der Waals surface area contributed by atoms with Gasteiger partial charge in [0.15, 0.2) is 0 Å². The number of hydrogen-bond acceptors (Lipinski definition) is 0. The van der Waals surface area contributed by atoms with E-state index >= 15 is 0 Å². The number of hydrogen-bond donors (Lipinski definition) is 1. The van der Waals surface area contributed by atoms with Crippen molar-refractivity contribution in [2.75, 3.05) is 0 Å². The van der Waals surface area contributed by atoms with Crippen LogP contribution >= 0.6 is 23.2 Å². The lowest BCUT2D eigenvalue weighted by atomic mass is 10.2. The number of halogens is 2. The summed E-state index contributed by atoms with van der Waals surface area (Å²) in [5.41, 5.74) is 1.15. The highest BCUT2D eigenvalue weighted by Crippen LogP contribution is 2.19. The molecule has 1 rings (SSSR count). The van der Waals surface area contributed by atoms with Crippen LogP contribution in [0.25, 0.3) is 0 Å². The van der Waals surface area contributed by atoms with Crippen LogP contribution in [0, 0.1) is 0 Å². The fraction of sp³-hybridized carbons (Fsp3) is 0.455. The molecule has 0 fully saturated rings. The summed E-state index contributed by atoms with van der Waals surface area (Å²) in [6.07, 6.45) is 1.17. The van der Waals surface area contributed by atoms with Crippen molar-refractivity contribution in [1.29, 1.82) is 0 Å². The molecule has 14 heavy (non-hydrogen) atoms. The summed E-state index contributed by atoms with van der Waals surface area (Å²) in [6.45, 7) is 5.32. The molecule has 78 valence electrons. The average Bonchev–Trinajstić information content (AvgIpc) is 2.16. The van der Waals surface area contributed by atoms with E-state index < -0.39 is 0 Å². The van der Waals surface area contributed by atoms with Crippen molar-refractivity contribution in [3.63, 3.8) is 0 Å². The van der Waals surface area contributed by atoms with E-state index in [-0.39, 0.29) is 0 Å². The SMILES string of the molecule is CC[C@H](C)[NH2+]Cc1ccc(Cl)cc1Cl. The third kappa shape index (κ3) is 3.49. The minimum absolute atomic E-state index is 0.641. The van der Waals surface area contributed by atoms with E-state index in [1.807, 2.05) is 12.1 Å². The van der Waals surface area contributed by atoms with Crippen LogP contribution in [0.2, 0.25) is 10.0 Å². The minimum atomic E-state index is 0.641. The van der Waals surface area contributed by atoms with Crippen molar-refractivity contribution >= 4 is 23.2 Å². The van der Waals surface area contributed by atoms with Crippen LogP contribution in [-0.2, 0) is 6.54 Å². The van der Waals surface area contributed by atoms with Crippen LogP contribution in [0.1, 0.15) is 25.8 Å². The van der Waals surface area contributed by atoms with Crippen molar-refractivity contribution in [2.24, 2.45) is 0 Å². The monoisotopic (exact) mass is 232 g/mol. The van der Waals surface area contributed by atoms with Gasteiger partial charge in [-0.2, -0.15) is 0 Å². The van der Waals surface area contributed by atoms with Crippen LogP contribution in [-0.4, -0.2) is 6.04 Å². The zero-order chi connectivity index (χ0) is 10.6. The lowest BCUT2D eigenvalue weighted by Crippen LogP contribution is -2.87.